The fraction of sp³-hybridized carbons (Fsp3) is 0.0508. The summed E-state index contributed by atoms with van der Waals surface area (Å²) in [7, 11) is 0. The van der Waals surface area contributed by atoms with Crippen molar-refractivity contribution >= 4 is 10.8 Å². The average molecular weight is 779 g/mol. The van der Waals surface area contributed by atoms with Gasteiger partial charge in [0.2, 0.25) is 0 Å². The Morgan fingerprint density at radius 2 is 0.770 bits per heavy atom. The van der Waals surface area contributed by atoms with Crippen molar-refractivity contribution < 1.29 is 0 Å². The lowest BCUT2D eigenvalue weighted by atomic mass is 9.82. The van der Waals surface area contributed by atoms with Gasteiger partial charge < -0.3 is 0 Å². The smallest absolute Gasteiger partial charge is 0.160 e. The first-order chi connectivity index (χ1) is 30.0. The number of aromatic nitrogens is 2. The first-order valence-corrected chi connectivity index (χ1v) is 21.1. The molecular weight excluding hydrogens is 737 g/mol. The van der Waals surface area contributed by atoms with Crippen molar-refractivity contribution in [2.24, 2.45) is 0 Å². The summed E-state index contributed by atoms with van der Waals surface area (Å²) in [5, 5.41) is 2.31. The molecule has 0 fully saturated rings. The standard InChI is InChI=1S/C59H42N2/c1-59(2)54-29-17-16-27-50(54)53-37-42(30-33-55(53)59)44-34-43(39-18-6-3-7-19-39)35-45(36-44)47-31-32-52(49-26-14-13-25-48(47)49)57-38-56(60-58(61-57)41-22-10-5-11-23-41)51-28-15-12-24-46(51)40-20-8-4-9-21-40/h3-38H,1-2H3. The molecule has 0 amide bonds. The molecule has 0 radical (unpaired) electrons. The monoisotopic (exact) mass is 778 g/mol. The van der Waals surface area contributed by atoms with Crippen molar-refractivity contribution in [1.82, 2.24) is 9.97 Å². The number of fused-ring (bicyclic) bond motifs is 4. The topological polar surface area (TPSA) is 25.8 Å². The second kappa shape index (κ2) is 14.9. The van der Waals surface area contributed by atoms with Crippen LogP contribution in [0.25, 0.3) is 100 Å². The summed E-state index contributed by atoms with van der Waals surface area (Å²) in [6, 6.07) is 78.7. The molecule has 2 nitrogen and oxygen atoms in total. The van der Waals surface area contributed by atoms with Gasteiger partial charge in [-0.05, 0) is 108 Å². The first kappa shape index (κ1) is 36.4. The third kappa shape index (κ3) is 6.45. The van der Waals surface area contributed by atoms with E-state index in [0.717, 1.165) is 44.6 Å². The Balaban J connectivity index is 1.09. The van der Waals surface area contributed by atoms with Crippen LogP contribution >= 0.6 is 0 Å². The molecule has 0 saturated carbocycles. The van der Waals surface area contributed by atoms with E-state index in [1.165, 1.54) is 61.0 Å². The first-order valence-electron chi connectivity index (χ1n) is 21.1. The molecule has 10 aromatic rings. The van der Waals surface area contributed by atoms with Gasteiger partial charge in [-0.3, -0.25) is 0 Å². The highest BCUT2D eigenvalue weighted by atomic mass is 14.9. The average Bonchev–Trinajstić information content (AvgIpc) is 3.56. The number of benzene rings is 9. The van der Waals surface area contributed by atoms with Gasteiger partial charge in [-0.15, -0.1) is 0 Å². The lowest BCUT2D eigenvalue weighted by Gasteiger charge is -2.21. The van der Waals surface area contributed by atoms with E-state index in [1.807, 2.05) is 18.2 Å². The minimum Gasteiger partial charge on any atom is -0.228 e. The fourth-order valence-corrected chi connectivity index (χ4v) is 9.44. The van der Waals surface area contributed by atoms with Crippen LogP contribution in [-0.4, -0.2) is 9.97 Å². The van der Waals surface area contributed by atoms with Crippen LogP contribution in [0.1, 0.15) is 25.0 Å². The quantitative estimate of drug-likeness (QED) is 0.161. The van der Waals surface area contributed by atoms with E-state index < -0.39 is 0 Å². The van der Waals surface area contributed by atoms with Crippen LogP contribution in [0.5, 0.6) is 0 Å². The molecule has 0 bridgehead atoms. The lowest BCUT2D eigenvalue weighted by molar-refractivity contribution is 0.660. The number of hydrogen-bond donors (Lipinski definition) is 0. The molecule has 61 heavy (non-hydrogen) atoms. The van der Waals surface area contributed by atoms with Gasteiger partial charge in [-0.1, -0.05) is 202 Å². The molecule has 0 unspecified atom stereocenters. The van der Waals surface area contributed by atoms with Gasteiger partial charge in [0.25, 0.3) is 0 Å². The van der Waals surface area contributed by atoms with E-state index in [-0.39, 0.29) is 5.41 Å². The summed E-state index contributed by atoms with van der Waals surface area (Å²) < 4.78 is 0. The molecule has 0 atom stereocenters. The van der Waals surface area contributed by atoms with Gasteiger partial charge in [0, 0.05) is 22.1 Å². The van der Waals surface area contributed by atoms with Crippen LogP contribution in [0.2, 0.25) is 0 Å². The van der Waals surface area contributed by atoms with Gasteiger partial charge in [-0.2, -0.15) is 0 Å². The minimum atomic E-state index is -0.0419. The molecule has 11 rings (SSSR count). The van der Waals surface area contributed by atoms with Crippen LogP contribution in [0.3, 0.4) is 0 Å². The Kier molecular flexibility index (Phi) is 8.86. The Bertz CT molecular complexity index is 3260. The van der Waals surface area contributed by atoms with Crippen molar-refractivity contribution in [2.45, 2.75) is 19.3 Å². The summed E-state index contributed by atoms with van der Waals surface area (Å²) in [4.78, 5) is 10.5. The van der Waals surface area contributed by atoms with Crippen molar-refractivity contribution in [2.75, 3.05) is 0 Å². The summed E-state index contributed by atoms with van der Waals surface area (Å²) in [5.74, 6) is 0.699. The highest BCUT2D eigenvalue weighted by Gasteiger charge is 2.35. The second-order valence-corrected chi connectivity index (χ2v) is 16.5. The maximum atomic E-state index is 5.31. The highest BCUT2D eigenvalue weighted by molar-refractivity contribution is 6.05. The Morgan fingerprint density at radius 1 is 0.279 bits per heavy atom. The molecular formula is C59H42N2. The van der Waals surface area contributed by atoms with E-state index in [4.69, 9.17) is 9.97 Å². The minimum absolute atomic E-state index is 0.0419. The summed E-state index contributed by atoms with van der Waals surface area (Å²) in [5.41, 5.74) is 19.7. The molecule has 0 spiro atoms. The van der Waals surface area contributed by atoms with Gasteiger partial charge >= 0.3 is 0 Å². The summed E-state index contributed by atoms with van der Waals surface area (Å²) in [6.45, 7) is 4.68. The SMILES string of the molecule is CC1(C)c2ccccc2-c2cc(-c3cc(-c4ccccc4)cc(-c4ccc(-c5cc(-c6ccccc6-c6ccccc6)nc(-c6ccccc6)n5)c5ccccc45)c3)ccc21. The predicted molar refractivity (Wildman–Crippen MR) is 255 cm³/mol. The van der Waals surface area contributed by atoms with Crippen LogP contribution in [0, 0.1) is 0 Å². The normalized spacial score (nSPS) is 12.6. The Labute approximate surface area is 357 Å². The van der Waals surface area contributed by atoms with E-state index >= 15 is 0 Å². The van der Waals surface area contributed by atoms with Crippen molar-refractivity contribution in [3.05, 3.63) is 230 Å². The van der Waals surface area contributed by atoms with Crippen LogP contribution in [0.15, 0.2) is 218 Å². The van der Waals surface area contributed by atoms with Gasteiger partial charge in [0.1, 0.15) is 0 Å². The summed E-state index contributed by atoms with van der Waals surface area (Å²) in [6.07, 6.45) is 0. The predicted octanol–water partition coefficient (Wildman–Crippen LogP) is 15.6. The maximum Gasteiger partial charge on any atom is 0.160 e. The van der Waals surface area contributed by atoms with Crippen LogP contribution in [0.4, 0.5) is 0 Å². The number of rotatable bonds is 7. The molecule has 1 aromatic heterocycles. The van der Waals surface area contributed by atoms with E-state index in [1.54, 1.807) is 0 Å². The lowest BCUT2D eigenvalue weighted by Crippen LogP contribution is -2.14. The van der Waals surface area contributed by atoms with Crippen molar-refractivity contribution in [1.29, 1.82) is 0 Å². The van der Waals surface area contributed by atoms with E-state index in [0.29, 0.717) is 5.82 Å². The molecule has 9 aromatic carbocycles. The van der Waals surface area contributed by atoms with Crippen molar-refractivity contribution in [3.63, 3.8) is 0 Å². The molecule has 0 N–H and O–H groups in total. The summed E-state index contributed by atoms with van der Waals surface area (Å²) >= 11 is 0. The third-order valence-corrected chi connectivity index (χ3v) is 12.5. The van der Waals surface area contributed by atoms with Gasteiger partial charge in [0.15, 0.2) is 5.82 Å². The number of hydrogen-bond acceptors (Lipinski definition) is 2. The van der Waals surface area contributed by atoms with E-state index in [2.05, 4.69) is 214 Å². The van der Waals surface area contributed by atoms with Crippen molar-refractivity contribution in [3.8, 4) is 89.5 Å². The highest BCUT2D eigenvalue weighted by Crippen LogP contribution is 2.50. The molecule has 288 valence electrons. The zero-order valence-corrected chi connectivity index (χ0v) is 34.2. The van der Waals surface area contributed by atoms with Crippen LogP contribution in [-0.2, 0) is 5.41 Å². The zero-order valence-electron chi connectivity index (χ0n) is 34.2. The number of nitrogens with zero attached hydrogens (tertiary/aromatic N) is 2. The Morgan fingerprint density at radius 3 is 1.48 bits per heavy atom. The Hall–Kier alpha value is -7.68. The maximum absolute atomic E-state index is 5.31. The molecule has 0 saturated heterocycles. The zero-order chi connectivity index (χ0) is 40.9. The van der Waals surface area contributed by atoms with Crippen LogP contribution < -0.4 is 0 Å². The molecule has 1 aliphatic carbocycles. The molecule has 0 aliphatic heterocycles. The molecule has 1 heterocycles. The van der Waals surface area contributed by atoms with Gasteiger partial charge in [-0.25, -0.2) is 9.97 Å². The third-order valence-electron chi connectivity index (χ3n) is 12.5. The fourth-order valence-electron chi connectivity index (χ4n) is 9.44. The largest absolute Gasteiger partial charge is 0.228 e. The van der Waals surface area contributed by atoms with E-state index in [9.17, 15) is 0 Å². The molecule has 1 aliphatic rings. The molecule has 2 heteroatoms. The van der Waals surface area contributed by atoms with Gasteiger partial charge in [0.05, 0.1) is 11.4 Å². The second-order valence-electron chi connectivity index (χ2n) is 16.5.